The molecule has 0 aliphatic rings. The SMILES string of the molecule is O=C(O)C(=O)O.[Ca+2].[Ca+2].[O-2]. The van der Waals surface area contributed by atoms with Crippen molar-refractivity contribution in [2.24, 2.45) is 0 Å². The molecule has 5 nitrogen and oxygen atoms in total. The molecule has 9 heavy (non-hydrogen) atoms. The van der Waals surface area contributed by atoms with Crippen LogP contribution in [0, 0.1) is 0 Å². The van der Waals surface area contributed by atoms with Gasteiger partial charge >= 0.3 is 87.4 Å². The third kappa shape index (κ3) is 17.7. The molecule has 0 spiro atoms. The first-order valence-corrected chi connectivity index (χ1v) is 1.11. The van der Waals surface area contributed by atoms with Crippen LogP contribution in [0.15, 0.2) is 0 Å². The molecular weight excluding hydrogens is 184 g/mol. The first kappa shape index (κ1) is 22.4. The molecule has 0 heterocycles. The van der Waals surface area contributed by atoms with Gasteiger partial charge in [-0.05, 0) is 0 Å². The summed E-state index contributed by atoms with van der Waals surface area (Å²) in [5.74, 6) is -3.65. The van der Waals surface area contributed by atoms with Crippen LogP contribution in [-0.2, 0) is 15.1 Å². The maximum atomic E-state index is 9.10. The summed E-state index contributed by atoms with van der Waals surface area (Å²) in [6.07, 6.45) is 0. The van der Waals surface area contributed by atoms with E-state index in [-0.39, 0.29) is 81.0 Å². The summed E-state index contributed by atoms with van der Waals surface area (Å²) in [4.78, 5) is 18.2. The van der Waals surface area contributed by atoms with Gasteiger partial charge < -0.3 is 15.7 Å². The molecule has 0 amide bonds. The number of carboxylic acids is 2. The Bertz CT molecular complexity index is 79.0. The van der Waals surface area contributed by atoms with Crippen molar-refractivity contribution < 1.29 is 25.3 Å². The number of carbonyl (C=O) groups is 2. The molecule has 0 aliphatic carbocycles. The second-order valence-corrected chi connectivity index (χ2v) is 0.610. The van der Waals surface area contributed by atoms with Gasteiger partial charge in [0.1, 0.15) is 0 Å². The summed E-state index contributed by atoms with van der Waals surface area (Å²) in [6, 6.07) is 0. The van der Waals surface area contributed by atoms with Crippen LogP contribution in [-0.4, -0.2) is 97.6 Å². The van der Waals surface area contributed by atoms with E-state index in [0.717, 1.165) is 0 Å². The molecule has 0 rings (SSSR count). The van der Waals surface area contributed by atoms with Crippen molar-refractivity contribution in [3.8, 4) is 0 Å². The predicted molar refractivity (Wildman–Crippen MR) is 27.5 cm³/mol. The monoisotopic (exact) mass is 186 g/mol. The molecule has 0 aromatic heterocycles. The fourth-order valence-electron chi connectivity index (χ4n) is 0. The van der Waals surface area contributed by atoms with Gasteiger partial charge in [0.25, 0.3) is 0 Å². The summed E-state index contributed by atoms with van der Waals surface area (Å²) in [5.41, 5.74) is 0. The van der Waals surface area contributed by atoms with Crippen molar-refractivity contribution >= 4 is 87.4 Å². The Kier molecular flexibility index (Phi) is 30.2. The molecule has 0 saturated heterocycles. The van der Waals surface area contributed by atoms with Crippen molar-refractivity contribution in [2.75, 3.05) is 0 Å². The van der Waals surface area contributed by atoms with E-state index in [1.807, 2.05) is 0 Å². The molecule has 0 fully saturated rings. The summed E-state index contributed by atoms with van der Waals surface area (Å²) in [6.45, 7) is 0. The summed E-state index contributed by atoms with van der Waals surface area (Å²) in [5, 5.41) is 14.8. The van der Waals surface area contributed by atoms with Crippen molar-refractivity contribution in [3.05, 3.63) is 0 Å². The molecule has 0 bridgehead atoms. The van der Waals surface area contributed by atoms with Gasteiger partial charge in [0.15, 0.2) is 0 Å². The van der Waals surface area contributed by atoms with E-state index in [1.54, 1.807) is 0 Å². The van der Waals surface area contributed by atoms with E-state index in [0.29, 0.717) is 0 Å². The van der Waals surface area contributed by atoms with E-state index in [9.17, 15) is 0 Å². The van der Waals surface area contributed by atoms with Crippen LogP contribution in [0.25, 0.3) is 0 Å². The number of aliphatic carboxylic acids is 2. The molecule has 0 unspecified atom stereocenters. The van der Waals surface area contributed by atoms with Gasteiger partial charge in [0.05, 0.1) is 0 Å². The van der Waals surface area contributed by atoms with Gasteiger partial charge in [0, 0.05) is 0 Å². The molecule has 2 N–H and O–H groups in total. The van der Waals surface area contributed by atoms with Crippen molar-refractivity contribution in [1.82, 2.24) is 0 Å². The van der Waals surface area contributed by atoms with Gasteiger partial charge in [0.2, 0.25) is 0 Å². The van der Waals surface area contributed by atoms with Crippen LogP contribution < -0.4 is 0 Å². The Morgan fingerprint density at radius 3 is 1.00 bits per heavy atom. The minimum Gasteiger partial charge on any atom is -2.00 e. The average molecular weight is 186 g/mol. The second kappa shape index (κ2) is 12.1. The van der Waals surface area contributed by atoms with E-state index in [4.69, 9.17) is 19.8 Å². The fraction of sp³-hybridized carbons (Fsp3) is 0. The zero-order valence-corrected chi connectivity index (χ0v) is 8.95. The maximum absolute atomic E-state index is 9.10. The van der Waals surface area contributed by atoms with Crippen molar-refractivity contribution in [1.29, 1.82) is 0 Å². The summed E-state index contributed by atoms with van der Waals surface area (Å²) in [7, 11) is 0. The van der Waals surface area contributed by atoms with Crippen LogP contribution in [0.5, 0.6) is 0 Å². The summed E-state index contributed by atoms with van der Waals surface area (Å²) >= 11 is 0. The molecule has 0 aromatic rings. The quantitative estimate of drug-likeness (QED) is 0.346. The fourth-order valence-corrected chi connectivity index (χ4v) is 0. The van der Waals surface area contributed by atoms with Gasteiger partial charge in [-0.3, -0.25) is 0 Å². The van der Waals surface area contributed by atoms with E-state index in [2.05, 4.69) is 0 Å². The van der Waals surface area contributed by atoms with Crippen LogP contribution in [0.1, 0.15) is 0 Å². The zero-order chi connectivity index (χ0) is 5.15. The van der Waals surface area contributed by atoms with Gasteiger partial charge in [-0.25, -0.2) is 9.59 Å². The van der Waals surface area contributed by atoms with E-state index in [1.165, 1.54) is 0 Å². The topological polar surface area (TPSA) is 103 Å². The molecular formula is C2H2Ca2O5+2. The second-order valence-electron chi connectivity index (χ2n) is 0.610. The zero-order valence-electron chi connectivity index (χ0n) is 4.53. The standard InChI is InChI=1S/C2H2O4.2Ca.O/c3-1(4)2(5)6;;;/h(H,3,4)(H,5,6);;;/q;2*+2;-2. The van der Waals surface area contributed by atoms with Crippen LogP contribution >= 0.6 is 0 Å². The number of hydrogen-bond donors (Lipinski definition) is 2. The first-order chi connectivity index (χ1) is 2.64. The Balaban J connectivity index is -0.0000000417. The van der Waals surface area contributed by atoms with Crippen molar-refractivity contribution in [2.45, 2.75) is 0 Å². The molecule has 42 valence electrons. The summed E-state index contributed by atoms with van der Waals surface area (Å²) < 4.78 is 0. The third-order valence-electron chi connectivity index (χ3n) is 0.183. The Labute approximate surface area is 111 Å². The van der Waals surface area contributed by atoms with Crippen LogP contribution in [0.2, 0.25) is 0 Å². The number of rotatable bonds is 0. The smallest absolute Gasteiger partial charge is 2.00 e. The maximum Gasteiger partial charge on any atom is 2.00 e. The van der Waals surface area contributed by atoms with E-state index >= 15 is 0 Å². The number of carboxylic acid groups (broad SMARTS) is 2. The Morgan fingerprint density at radius 1 is 0.889 bits per heavy atom. The molecule has 0 aliphatic heterocycles. The molecule has 0 atom stereocenters. The van der Waals surface area contributed by atoms with Gasteiger partial charge in [-0.15, -0.1) is 0 Å². The van der Waals surface area contributed by atoms with Gasteiger partial charge in [-0.1, -0.05) is 0 Å². The molecule has 0 saturated carbocycles. The first-order valence-electron chi connectivity index (χ1n) is 1.11. The normalized spacial score (nSPS) is 4.89. The third-order valence-corrected chi connectivity index (χ3v) is 0.183. The number of hydrogen-bond acceptors (Lipinski definition) is 2. The predicted octanol–water partition coefficient (Wildman–Crippen LogP) is -1.72. The molecule has 0 aromatic carbocycles. The van der Waals surface area contributed by atoms with E-state index < -0.39 is 11.9 Å². The largest absolute Gasteiger partial charge is 2.00 e. The van der Waals surface area contributed by atoms with Crippen molar-refractivity contribution in [3.63, 3.8) is 0 Å². The van der Waals surface area contributed by atoms with Gasteiger partial charge in [-0.2, -0.15) is 0 Å². The Hall–Kier alpha value is 1.42. The molecule has 0 radical (unpaired) electrons. The van der Waals surface area contributed by atoms with Crippen LogP contribution in [0.4, 0.5) is 0 Å². The van der Waals surface area contributed by atoms with Crippen LogP contribution in [0.3, 0.4) is 0 Å². The average Bonchev–Trinajstić information content (AvgIpc) is 1.36. The minimum absolute atomic E-state index is 0. The minimum atomic E-state index is -1.82. The Morgan fingerprint density at radius 2 is 1.00 bits per heavy atom. The molecule has 7 heteroatoms.